The molecule has 0 aromatic heterocycles. The molecule has 0 heterocycles. The van der Waals surface area contributed by atoms with Crippen molar-refractivity contribution in [3.63, 3.8) is 0 Å². The van der Waals surface area contributed by atoms with Crippen molar-refractivity contribution in [1.29, 1.82) is 0 Å². The lowest BCUT2D eigenvalue weighted by molar-refractivity contribution is -0.130. The molecule has 0 fully saturated rings. The Kier molecular flexibility index (Phi) is 3.31. The zero-order valence-corrected chi connectivity index (χ0v) is 9.10. The molecular weight excluding hydrogens is 221 g/mol. The number of amides is 1. The number of benzene rings is 1. The Balaban J connectivity index is 2.90. The van der Waals surface area contributed by atoms with E-state index in [1.807, 2.05) is 0 Å². The molecule has 1 aromatic carbocycles. The van der Waals surface area contributed by atoms with Gasteiger partial charge in [-0.05, 0) is 32.0 Å². The minimum Gasteiger partial charge on any atom is -0.381 e. The molecule has 0 saturated heterocycles. The molecule has 3 nitrogen and oxygen atoms in total. The van der Waals surface area contributed by atoms with Crippen LogP contribution in [0.25, 0.3) is 0 Å². The average molecular weight is 232 g/mol. The molecular formula is C10H11ClFNO2. The van der Waals surface area contributed by atoms with Gasteiger partial charge in [-0.25, -0.2) is 4.39 Å². The summed E-state index contributed by atoms with van der Waals surface area (Å²) in [6, 6.07) is 3.79. The van der Waals surface area contributed by atoms with E-state index in [4.69, 9.17) is 11.6 Å². The van der Waals surface area contributed by atoms with Crippen LogP contribution >= 0.6 is 11.6 Å². The topological polar surface area (TPSA) is 49.3 Å². The lowest BCUT2D eigenvalue weighted by Crippen LogP contribution is -2.36. The zero-order chi connectivity index (χ0) is 11.6. The summed E-state index contributed by atoms with van der Waals surface area (Å²) in [5.41, 5.74) is -1.61. The highest BCUT2D eigenvalue weighted by Gasteiger charge is 2.24. The standard InChI is InChI=1S/C10H11ClFNO2/c1-10(2,15)9(14)13-8-5-6(11)3-4-7(8)12/h3-5,15H,1-2H3,(H,13,14). The quantitative estimate of drug-likeness (QED) is 0.820. The van der Waals surface area contributed by atoms with E-state index in [0.717, 1.165) is 6.07 Å². The van der Waals surface area contributed by atoms with E-state index < -0.39 is 17.3 Å². The first-order chi connectivity index (χ1) is 6.80. The Morgan fingerprint density at radius 1 is 1.53 bits per heavy atom. The first-order valence-electron chi connectivity index (χ1n) is 4.29. The monoisotopic (exact) mass is 231 g/mol. The van der Waals surface area contributed by atoms with E-state index in [9.17, 15) is 14.3 Å². The van der Waals surface area contributed by atoms with Crippen molar-refractivity contribution in [2.24, 2.45) is 0 Å². The molecule has 0 spiro atoms. The summed E-state index contributed by atoms with van der Waals surface area (Å²) in [5, 5.41) is 11.9. The van der Waals surface area contributed by atoms with Crippen LogP contribution in [0.15, 0.2) is 18.2 Å². The number of hydrogen-bond acceptors (Lipinski definition) is 2. The fraction of sp³-hybridized carbons (Fsp3) is 0.300. The maximum absolute atomic E-state index is 13.2. The number of aliphatic hydroxyl groups is 1. The van der Waals surface area contributed by atoms with Gasteiger partial charge in [-0.2, -0.15) is 0 Å². The Morgan fingerprint density at radius 2 is 2.13 bits per heavy atom. The van der Waals surface area contributed by atoms with Crippen molar-refractivity contribution >= 4 is 23.2 Å². The number of rotatable bonds is 2. The molecule has 0 radical (unpaired) electrons. The van der Waals surface area contributed by atoms with Crippen molar-refractivity contribution in [2.45, 2.75) is 19.4 Å². The van der Waals surface area contributed by atoms with Crippen LogP contribution in [0.5, 0.6) is 0 Å². The van der Waals surface area contributed by atoms with Crippen molar-refractivity contribution in [2.75, 3.05) is 5.32 Å². The second-order valence-electron chi connectivity index (χ2n) is 3.64. The van der Waals surface area contributed by atoms with Crippen molar-refractivity contribution in [3.05, 3.63) is 29.0 Å². The van der Waals surface area contributed by atoms with Crippen LogP contribution < -0.4 is 5.32 Å². The molecule has 0 saturated carbocycles. The average Bonchev–Trinajstić information content (AvgIpc) is 2.09. The molecule has 1 aromatic rings. The maximum atomic E-state index is 13.2. The molecule has 0 unspecified atom stereocenters. The number of halogens is 2. The number of carbonyl (C=O) groups excluding carboxylic acids is 1. The first-order valence-corrected chi connectivity index (χ1v) is 4.67. The molecule has 1 rings (SSSR count). The van der Waals surface area contributed by atoms with Gasteiger partial charge < -0.3 is 10.4 Å². The Hall–Kier alpha value is -1.13. The predicted octanol–water partition coefficient (Wildman–Crippen LogP) is 2.19. The number of nitrogens with one attached hydrogen (secondary N) is 1. The Labute approximate surface area is 91.9 Å². The number of carbonyl (C=O) groups is 1. The predicted molar refractivity (Wildman–Crippen MR) is 56.3 cm³/mol. The van der Waals surface area contributed by atoms with E-state index >= 15 is 0 Å². The Bertz CT molecular complexity index is 387. The van der Waals surface area contributed by atoms with E-state index in [2.05, 4.69) is 5.32 Å². The van der Waals surface area contributed by atoms with Crippen LogP contribution in [0, 0.1) is 5.82 Å². The Morgan fingerprint density at radius 3 is 2.67 bits per heavy atom. The van der Waals surface area contributed by atoms with Gasteiger partial charge in [-0.3, -0.25) is 4.79 Å². The normalized spacial score (nSPS) is 11.3. The molecule has 0 aliphatic carbocycles. The van der Waals surface area contributed by atoms with Crippen LogP contribution in [-0.4, -0.2) is 16.6 Å². The van der Waals surface area contributed by atoms with Crippen LogP contribution in [0.4, 0.5) is 10.1 Å². The summed E-state index contributed by atoms with van der Waals surface area (Å²) < 4.78 is 13.2. The molecule has 0 bridgehead atoms. The second-order valence-corrected chi connectivity index (χ2v) is 4.07. The first kappa shape index (κ1) is 11.9. The summed E-state index contributed by atoms with van der Waals surface area (Å²) >= 11 is 5.63. The van der Waals surface area contributed by atoms with Crippen LogP contribution in [0.3, 0.4) is 0 Å². The van der Waals surface area contributed by atoms with Gasteiger partial charge in [0.15, 0.2) is 0 Å². The SMILES string of the molecule is CC(C)(O)C(=O)Nc1cc(Cl)ccc1F. The lowest BCUT2D eigenvalue weighted by atomic mass is 10.1. The molecule has 0 atom stereocenters. The largest absolute Gasteiger partial charge is 0.381 e. The third kappa shape index (κ3) is 3.18. The molecule has 15 heavy (non-hydrogen) atoms. The minimum atomic E-state index is -1.56. The molecule has 2 N–H and O–H groups in total. The lowest BCUT2D eigenvalue weighted by Gasteiger charge is -2.16. The molecule has 0 aliphatic heterocycles. The van der Waals surface area contributed by atoms with Crippen LogP contribution in [0.1, 0.15) is 13.8 Å². The van der Waals surface area contributed by atoms with E-state index in [-0.39, 0.29) is 5.69 Å². The van der Waals surface area contributed by atoms with Gasteiger partial charge in [0, 0.05) is 5.02 Å². The van der Waals surface area contributed by atoms with Crippen molar-refractivity contribution < 1.29 is 14.3 Å². The highest BCUT2D eigenvalue weighted by atomic mass is 35.5. The third-order valence-electron chi connectivity index (χ3n) is 1.73. The molecule has 0 aliphatic rings. The van der Waals surface area contributed by atoms with Gasteiger partial charge in [-0.1, -0.05) is 11.6 Å². The minimum absolute atomic E-state index is 0.0466. The summed E-state index contributed by atoms with van der Waals surface area (Å²) in [6.45, 7) is 2.62. The summed E-state index contributed by atoms with van der Waals surface area (Å²) in [7, 11) is 0. The van der Waals surface area contributed by atoms with E-state index in [1.54, 1.807) is 0 Å². The highest BCUT2D eigenvalue weighted by molar-refractivity contribution is 6.30. The molecule has 1 amide bonds. The highest BCUT2D eigenvalue weighted by Crippen LogP contribution is 2.20. The van der Waals surface area contributed by atoms with Crippen LogP contribution in [-0.2, 0) is 4.79 Å². The third-order valence-corrected chi connectivity index (χ3v) is 1.97. The fourth-order valence-electron chi connectivity index (χ4n) is 0.869. The van der Waals surface area contributed by atoms with Gasteiger partial charge in [0.25, 0.3) is 5.91 Å². The zero-order valence-electron chi connectivity index (χ0n) is 8.34. The van der Waals surface area contributed by atoms with Crippen molar-refractivity contribution in [3.8, 4) is 0 Å². The van der Waals surface area contributed by atoms with E-state index in [1.165, 1.54) is 26.0 Å². The van der Waals surface area contributed by atoms with Crippen molar-refractivity contribution in [1.82, 2.24) is 0 Å². The maximum Gasteiger partial charge on any atom is 0.255 e. The fourth-order valence-corrected chi connectivity index (χ4v) is 1.04. The second kappa shape index (κ2) is 4.16. The smallest absolute Gasteiger partial charge is 0.255 e. The molecule has 82 valence electrons. The molecule has 5 heteroatoms. The summed E-state index contributed by atoms with van der Waals surface area (Å²) in [4.78, 5) is 11.3. The number of anilines is 1. The van der Waals surface area contributed by atoms with E-state index in [0.29, 0.717) is 5.02 Å². The van der Waals surface area contributed by atoms with Gasteiger partial charge in [0.2, 0.25) is 0 Å². The van der Waals surface area contributed by atoms with Gasteiger partial charge >= 0.3 is 0 Å². The van der Waals surface area contributed by atoms with Crippen LogP contribution in [0.2, 0.25) is 5.02 Å². The van der Waals surface area contributed by atoms with Gasteiger partial charge in [0.1, 0.15) is 11.4 Å². The summed E-state index contributed by atoms with van der Waals surface area (Å²) in [5.74, 6) is -1.29. The van der Waals surface area contributed by atoms with Gasteiger partial charge in [-0.15, -0.1) is 0 Å². The van der Waals surface area contributed by atoms with Gasteiger partial charge in [0.05, 0.1) is 5.69 Å². The number of hydrogen-bond donors (Lipinski definition) is 2. The summed E-state index contributed by atoms with van der Waals surface area (Å²) in [6.07, 6.45) is 0.